The van der Waals surface area contributed by atoms with Gasteiger partial charge >= 0.3 is 0 Å². The second kappa shape index (κ2) is 6.12. The zero-order chi connectivity index (χ0) is 13.9. The summed E-state index contributed by atoms with van der Waals surface area (Å²) in [4.78, 5) is 2.53. The van der Waals surface area contributed by atoms with Crippen molar-refractivity contribution in [1.82, 2.24) is 4.90 Å². The zero-order valence-corrected chi connectivity index (χ0v) is 12.1. The summed E-state index contributed by atoms with van der Waals surface area (Å²) in [6.45, 7) is 5.59. The third kappa shape index (κ3) is 2.68. The minimum Gasteiger partial charge on any atom is -0.494 e. The Kier molecular flexibility index (Phi) is 4.24. The molecule has 2 N–H and O–H groups in total. The molecule has 2 aliphatic heterocycles. The van der Waals surface area contributed by atoms with E-state index in [0.717, 1.165) is 24.5 Å². The van der Waals surface area contributed by atoms with Gasteiger partial charge in [-0.3, -0.25) is 4.90 Å². The summed E-state index contributed by atoms with van der Waals surface area (Å²) in [6.07, 6.45) is 2.61. The van der Waals surface area contributed by atoms with Gasteiger partial charge in [-0.2, -0.15) is 0 Å². The maximum Gasteiger partial charge on any atom is 0.124 e. The quantitative estimate of drug-likeness (QED) is 0.913. The van der Waals surface area contributed by atoms with E-state index in [1.807, 2.05) is 25.1 Å². The van der Waals surface area contributed by atoms with Gasteiger partial charge in [-0.05, 0) is 32.4 Å². The van der Waals surface area contributed by atoms with Crippen LogP contribution in [0.15, 0.2) is 24.3 Å². The summed E-state index contributed by atoms with van der Waals surface area (Å²) in [5, 5.41) is 0. The lowest BCUT2D eigenvalue weighted by molar-refractivity contribution is -0.0599. The van der Waals surface area contributed by atoms with Crippen molar-refractivity contribution in [3.8, 4) is 5.75 Å². The summed E-state index contributed by atoms with van der Waals surface area (Å²) >= 11 is 0. The molecule has 110 valence electrons. The van der Waals surface area contributed by atoms with Crippen molar-refractivity contribution in [1.29, 1.82) is 0 Å². The van der Waals surface area contributed by atoms with E-state index in [1.165, 1.54) is 19.4 Å². The van der Waals surface area contributed by atoms with Crippen LogP contribution in [0.2, 0.25) is 0 Å². The Hall–Kier alpha value is -1.10. The fourth-order valence-electron chi connectivity index (χ4n) is 3.30. The van der Waals surface area contributed by atoms with Gasteiger partial charge in [-0.1, -0.05) is 18.2 Å². The van der Waals surface area contributed by atoms with Crippen LogP contribution in [-0.2, 0) is 4.74 Å². The fraction of sp³-hybridized carbons (Fsp3) is 0.625. The summed E-state index contributed by atoms with van der Waals surface area (Å²) in [6, 6.07) is 8.52. The number of rotatable bonds is 4. The Labute approximate surface area is 120 Å². The molecule has 0 spiro atoms. The van der Waals surface area contributed by atoms with Crippen LogP contribution in [0.25, 0.3) is 0 Å². The van der Waals surface area contributed by atoms with Crippen molar-refractivity contribution in [2.24, 2.45) is 5.73 Å². The van der Waals surface area contributed by atoms with Gasteiger partial charge in [0.1, 0.15) is 5.75 Å². The lowest BCUT2D eigenvalue weighted by Crippen LogP contribution is -2.49. The van der Waals surface area contributed by atoms with Gasteiger partial charge in [0.15, 0.2) is 0 Å². The third-order valence-electron chi connectivity index (χ3n) is 4.39. The van der Waals surface area contributed by atoms with Crippen LogP contribution >= 0.6 is 0 Å². The highest BCUT2D eigenvalue weighted by atomic mass is 16.5. The number of para-hydroxylation sites is 1. The highest BCUT2D eigenvalue weighted by molar-refractivity contribution is 5.36. The maximum atomic E-state index is 6.45. The second-order valence-corrected chi connectivity index (χ2v) is 5.66. The molecule has 20 heavy (non-hydrogen) atoms. The van der Waals surface area contributed by atoms with Gasteiger partial charge in [0.25, 0.3) is 0 Å². The average Bonchev–Trinajstić information content (AvgIpc) is 2.95. The molecule has 2 saturated heterocycles. The molecule has 0 aliphatic carbocycles. The number of fused-ring (bicyclic) bond motifs is 1. The Bertz CT molecular complexity index is 452. The van der Waals surface area contributed by atoms with Crippen molar-refractivity contribution in [2.75, 3.05) is 26.3 Å². The van der Waals surface area contributed by atoms with Gasteiger partial charge in [0, 0.05) is 18.2 Å². The lowest BCUT2D eigenvalue weighted by Gasteiger charge is -2.38. The summed E-state index contributed by atoms with van der Waals surface area (Å²) in [7, 11) is 0. The van der Waals surface area contributed by atoms with Crippen molar-refractivity contribution < 1.29 is 9.47 Å². The van der Waals surface area contributed by atoms with Crippen molar-refractivity contribution in [3.05, 3.63) is 29.8 Å². The molecule has 0 aromatic heterocycles. The van der Waals surface area contributed by atoms with Crippen LogP contribution in [0.5, 0.6) is 5.75 Å². The van der Waals surface area contributed by atoms with Crippen molar-refractivity contribution in [2.45, 2.75) is 38.0 Å². The molecular weight excluding hydrogens is 252 g/mol. The Morgan fingerprint density at radius 3 is 3.15 bits per heavy atom. The molecule has 0 radical (unpaired) electrons. The van der Waals surface area contributed by atoms with Gasteiger partial charge in [-0.15, -0.1) is 0 Å². The van der Waals surface area contributed by atoms with E-state index in [2.05, 4.69) is 11.0 Å². The SMILES string of the molecule is CCOc1ccccc1C(N)C1CN2CCCC2CO1. The summed E-state index contributed by atoms with van der Waals surface area (Å²) in [5.41, 5.74) is 7.50. The number of hydrogen-bond donors (Lipinski definition) is 1. The fourth-order valence-corrected chi connectivity index (χ4v) is 3.30. The normalized spacial score (nSPS) is 28.1. The molecule has 2 heterocycles. The molecule has 1 aromatic carbocycles. The van der Waals surface area contributed by atoms with E-state index in [1.54, 1.807) is 0 Å². The van der Waals surface area contributed by atoms with Gasteiger partial charge in [0.05, 0.1) is 25.4 Å². The standard InChI is InChI=1S/C16H24N2O2/c1-2-19-14-8-4-3-7-13(14)16(17)15-10-18-9-5-6-12(18)11-20-15/h3-4,7-8,12,15-16H,2,5-6,9-11,17H2,1H3. The first-order chi connectivity index (χ1) is 9.79. The number of hydrogen-bond acceptors (Lipinski definition) is 4. The Morgan fingerprint density at radius 2 is 2.30 bits per heavy atom. The third-order valence-corrected chi connectivity index (χ3v) is 4.39. The Balaban J connectivity index is 1.73. The van der Waals surface area contributed by atoms with E-state index < -0.39 is 0 Å². The van der Waals surface area contributed by atoms with Crippen LogP contribution in [0, 0.1) is 0 Å². The van der Waals surface area contributed by atoms with Crippen LogP contribution in [0.4, 0.5) is 0 Å². The van der Waals surface area contributed by atoms with E-state index in [0.29, 0.717) is 12.6 Å². The van der Waals surface area contributed by atoms with Crippen molar-refractivity contribution >= 4 is 0 Å². The number of nitrogens with zero attached hydrogens (tertiary/aromatic N) is 1. The van der Waals surface area contributed by atoms with E-state index in [9.17, 15) is 0 Å². The molecule has 3 atom stereocenters. The minimum atomic E-state index is -0.126. The molecule has 0 saturated carbocycles. The second-order valence-electron chi connectivity index (χ2n) is 5.66. The molecule has 3 unspecified atom stereocenters. The van der Waals surface area contributed by atoms with E-state index >= 15 is 0 Å². The summed E-state index contributed by atoms with van der Waals surface area (Å²) < 4.78 is 11.7. The number of nitrogens with two attached hydrogens (primary N) is 1. The topological polar surface area (TPSA) is 47.7 Å². The smallest absolute Gasteiger partial charge is 0.124 e. The number of benzene rings is 1. The minimum absolute atomic E-state index is 0.0611. The average molecular weight is 276 g/mol. The van der Waals surface area contributed by atoms with Gasteiger partial charge < -0.3 is 15.2 Å². The molecule has 3 rings (SSSR count). The molecule has 0 amide bonds. The highest BCUT2D eigenvalue weighted by Gasteiger charge is 2.35. The predicted octanol–water partition coefficient (Wildman–Crippen LogP) is 1.95. The highest BCUT2D eigenvalue weighted by Crippen LogP contribution is 2.31. The van der Waals surface area contributed by atoms with Crippen LogP contribution in [0.1, 0.15) is 31.4 Å². The van der Waals surface area contributed by atoms with Crippen molar-refractivity contribution in [3.63, 3.8) is 0 Å². The van der Waals surface area contributed by atoms with E-state index in [-0.39, 0.29) is 12.1 Å². The van der Waals surface area contributed by atoms with Crippen LogP contribution < -0.4 is 10.5 Å². The molecule has 4 nitrogen and oxygen atoms in total. The molecule has 0 bridgehead atoms. The monoisotopic (exact) mass is 276 g/mol. The Morgan fingerprint density at radius 1 is 1.45 bits per heavy atom. The first-order valence-electron chi connectivity index (χ1n) is 7.62. The first kappa shape index (κ1) is 13.9. The van der Waals surface area contributed by atoms with Crippen LogP contribution in [0.3, 0.4) is 0 Å². The predicted molar refractivity (Wildman–Crippen MR) is 78.9 cm³/mol. The maximum absolute atomic E-state index is 6.45. The summed E-state index contributed by atoms with van der Waals surface area (Å²) in [5.74, 6) is 0.884. The molecule has 2 fully saturated rings. The van der Waals surface area contributed by atoms with Gasteiger partial charge in [0.2, 0.25) is 0 Å². The lowest BCUT2D eigenvalue weighted by atomic mass is 9.99. The number of morpholine rings is 1. The number of ether oxygens (including phenoxy) is 2. The molecule has 1 aromatic rings. The van der Waals surface area contributed by atoms with Crippen LogP contribution in [-0.4, -0.2) is 43.3 Å². The molecule has 4 heteroatoms. The molecular formula is C16H24N2O2. The van der Waals surface area contributed by atoms with Gasteiger partial charge in [-0.25, -0.2) is 0 Å². The largest absolute Gasteiger partial charge is 0.494 e. The van der Waals surface area contributed by atoms with E-state index in [4.69, 9.17) is 15.2 Å². The zero-order valence-electron chi connectivity index (χ0n) is 12.1. The first-order valence-corrected chi connectivity index (χ1v) is 7.62. The molecule has 2 aliphatic rings.